The minimum atomic E-state index is 0.346. The Morgan fingerprint density at radius 1 is 1.31 bits per heavy atom. The van der Waals surface area contributed by atoms with E-state index in [1.54, 1.807) is 12.4 Å². The van der Waals surface area contributed by atoms with Crippen LogP contribution in [-0.2, 0) is 0 Å². The summed E-state index contributed by atoms with van der Waals surface area (Å²) in [6.45, 7) is 3.22. The number of rotatable bonds is 1. The summed E-state index contributed by atoms with van der Waals surface area (Å²) in [5, 5.41) is 3.52. The molecule has 3 rings (SSSR count). The Morgan fingerprint density at radius 2 is 2.25 bits per heavy atom. The van der Waals surface area contributed by atoms with Crippen LogP contribution in [0.25, 0.3) is 0 Å². The molecule has 0 aromatic carbocycles. The first kappa shape index (κ1) is 10.1. The highest BCUT2D eigenvalue weighted by Gasteiger charge is 2.38. The lowest BCUT2D eigenvalue weighted by Gasteiger charge is -2.32. The lowest BCUT2D eigenvalue weighted by atomic mass is 9.84. The summed E-state index contributed by atoms with van der Waals surface area (Å²) >= 11 is 0. The van der Waals surface area contributed by atoms with Crippen LogP contribution in [0.1, 0.15) is 25.1 Å². The molecule has 2 saturated heterocycles. The molecule has 3 N–H and O–H groups in total. The molecular weight excluding hydrogens is 202 g/mol. The van der Waals surface area contributed by atoms with Crippen molar-refractivity contribution in [2.75, 3.05) is 6.54 Å². The molecule has 0 radical (unpaired) electrons. The van der Waals surface area contributed by atoms with Crippen molar-refractivity contribution in [2.24, 2.45) is 5.92 Å². The fourth-order valence-electron chi connectivity index (χ4n) is 2.71. The van der Waals surface area contributed by atoms with Gasteiger partial charge in [0.25, 0.3) is 0 Å². The summed E-state index contributed by atoms with van der Waals surface area (Å²) in [5.41, 5.74) is 7.69. The Labute approximate surface area is 95.0 Å². The molecule has 0 saturated carbocycles. The highest BCUT2D eigenvalue weighted by molar-refractivity contribution is 5.07. The maximum atomic E-state index is 4.38. The monoisotopic (exact) mass is 219 g/mol. The second-order valence-electron chi connectivity index (χ2n) is 4.67. The Balaban J connectivity index is 1.75. The van der Waals surface area contributed by atoms with E-state index < -0.39 is 0 Å². The molecule has 3 heterocycles. The summed E-state index contributed by atoms with van der Waals surface area (Å²) in [7, 11) is 0. The number of aromatic nitrogens is 2. The Morgan fingerprint density at radius 3 is 3.06 bits per heavy atom. The normalized spacial score (nSPS) is 38.3. The van der Waals surface area contributed by atoms with Gasteiger partial charge in [-0.05, 0) is 19.3 Å². The van der Waals surface area contributed by atoms with Gasteiger partial charge in [0.1, 0.15) is 0 Å². The average Bonchev–Trinajstić information content (AvgIpc) is 2.72. The van der Waals surface area contributed by atoms with E-state index in [0.29, 0.717) is 24.0 Å². The molecule has 0 spiro atoms. The fourth-order valence-corrected chi connectivity index (χ4v) is 2.71. The van der Waals surface area contributed by atoms with Crippen molar-refractivity contribution < 1.29 is 0 Å². The second kappa shape index (κ2) is 4.08. The van der Waals surface area contributed by atoms with E-state index in [-0.39, 0.29) is 0 Å². The van der Waals surface area contributed by atoms with E-state index in [1.807, 2.05) is 6.20 Å². The lowest BCUT2D eigenvalue weighted by molar-refractivity contribution is 0.267. The van der Waals surface area contributed by atoms with Crippen LogP contribution < -0.4 is 16.2 Å². The zero-order valence-corrected chi connectivity index (χ0v) is 9.35. The predicted octanol–water partition coefficient (Wildman–Crippen LogP) is -0.00790. The fraction of sp³-hybridized carbons (Fsp3) is 0.636. The van der Waals surface area contributed by atoms with Gasteiger partial charge in [0.2, 0.25) is 0 Å². The number of nitrogens with zero attached hydrogens (tertiary/aromatic N) is 2. The smallest absolute Gasteiger partial charge is 0.0756 e. The van der Waals surface area contributed by atoms with Crippen molar-refractivity contribution in [3.63, 3.8) is 0 Å². The van der Waals surface area contributed by atoms with E-state index >= 15 is 0 Å². The van der Waals surface area contributed by atoms with Crippen LogP contribution in [-0.4, -0.2) is 28.6 Å². The molecule has 1 aromatic heterocycles. The van der Waals surface area contributed by atoms with E-state index in [1.165, 1.54) is 0 Å². The van der Waals surface area contributed by atoms with Gasteiger partial charge in [0, 0.05) is 37.2 Å². The molecule has 0 amide bonds. The van der Waals surface area contributed by atoms with Gasteiger partial charge in [0.05, 0.1) is 11.7 Å². The zero-order valence-electron chi connectivity index (χ0n) is 9.35. The molecular formula is C11H17N5. The Kier molecular flexibility index (Phi) is 2.59. The van der Waals surface area contributed by atoms with Crippen LogP contribution in [0.5, 0.6) is 0 Å². The van der Waals surface area contributed by atoms with Gasteiger partial charge in [-0.25, -0.2) is 0 Å². The van der Waals surface area contributed by atoms with Gasteiger partial charge in [-0.3, -0.25) is 20.8 Å². The van der Waals surface area contributed by atoms with Crippen LogP contribution in [0.2, 0.25) is 0 Å². The zero-order chi connectivity index (χ0) is 11.0. The van der Waals surface area contributed by atoms with E-state index in [0.717, 1.165) is 18.7 Å². The summed E-state index contributed by atoms with van der Waals surface area (Å²) < 4.78 is 0. The standard InChI is InChI=1S/C11H17N5/c1-7-8-4-9(11-5-12-2-3-13-11)14-6-10(8)16-15-7/h2-3,5,7-10,14-16H,4,6H2,1H3. The van der Waals surface area contributed by atoms with Crippen molar-refractivity contribution in [1.82, 2.24) is 26.1 Å². The van der Waals surface area contributed by atoms with Crippen LogP contribution >= 0.6 is 0 Å². The number of hydrogen-bond acceptors (Lipinski definition) is 5. The molecule has 4 atom stereocenters. The summed E-state index contributed by atoms with van der Waals surface area (Å²) in [4.78, 5) is 8.51. The number of hydrogen-bond donors (Lipinski definition) is 3. The summed E-state index contributed by atoms with van der Waals surface area (Å²) in [6.07, 6.45) is 6.46. The molecule has 5 heteroatoms. The minimum Gasteiger partial charge on any atom is -0.307 e. The Bertz CT molecular complexity index is 355. The SMILES string of the molecule is CC1NNC2CNC(c3cnccn3)CC12. The largest absolute Gasteiger partial charge is 0.307 e. The van der Waals surface area contributed by atoms with Gasteiger partial charge in [-0.1, -0.05) is 0 Å². The maximum absolute atomic E-state index is 4.38. The summed E-state index contributed by atoms with van der Waals surface area (Å²) in [5.74, 6) is 0.674. The van der Waals surface area contributed by atoms with Crippen molar-refractivity contribution in [2.45, 2.75) is 31.5 Å². The Hall–Kier alpha value is -1.04. The number of nitrogens with one attached hydrogen (secondary N) is 3. The van der Waals surface area contributed by atoms with Gasteiger partial charge in [-0.2, -0.15) is 0 Å². The van der Waals surface area contributed by atoms with Gasteiger partial charge in [-0.15, -0.1) is 0 Å². The maximum Gasteiger partial charge on any atom is 0.0756 e. The first-order valence-electron chi connectivity index (χ1n) is 5.85. The molecule has 5 nitrogen and oxygen atoms in total. The second-order valence-corrected chi connectivity index (χ2v) is 4.67. The molecule has 16 heavy (non-hydrogen) atoms. The van der Waals surface area contributed by atoms with Crippen molar-refractivity contribution >= 4 is 0 Å². The third kappa shape index (κ3) is 1.71. The molecule has 1 aromatic rings. The third-order valence-electron chi connectivity index (χ3n) is 3.69. The molecule has 0 bridgehead atoms. The molecule has 0 aliphatic carbocycles. The van der Waals surface area contributed by atoms with Crippen LogP contribution in [0.3, 0.4) is 0 Å². The molecule has 2 aliphatic rings. The highest BCUT2D eigenvalue weighted by atomic mass is 15.4. The lowest BCUT2D eigenvalue weighted by Crippen LogP contribution is -2.46. The van der Waals surface area contributed by atoms with Crippen LogP contribution in [0.15, 0.2) is 18.6 Å². The number of hydrazine groups is 1. The number of piperidine rings is 1. The van der Waals surface area contributed by atoms with E-state index in [2.05, 4.69) is 33.1 Å². The van der Waals surface area contributed by atoms with Crippen molar-refractivity contribution in [3.8, 4) is 0 Å². The van der Waals surface area contributed by atoms with Gasteiger partial charge >= 0.3 is 0 Å². The topological polar surface area (TPSA) is 61.9 Å². The molecule has 86 valence electrons. The van der Waals surface area contributed by atoms with Gasteiger partial charge in [0.15, 0.2) is 0 Å². The highest BCUT2D eigenvalue weighted by Crippen LogP contribution is 2.30. The minimum absolute atomic E-state index is 0.346. The summed E-state index contributed by atoms with van der Waals surface area (Å²) in [6, 6.07) is 1.42. The first-order valence-corrected chi connectivity index (χ1v) is 5.85. The quantitative estimate of drug-likeness (QED) is 0.620. The third-order valence-corrected chi connectivity index (χ3v) is 3.69. The first-order chi connectivity index (χ1) is 7.84. The average molecular weight is 219 g/mol. The van der Waals surface area contributed by atoms with Gasteiger partial charge < -0.3 is 5.32 Å². The van der Waals surface area contributed by atoms with Crippen molar-refractivity contribution in [1.29, 1.82) is 0 Å². The predicted molar refractivity (Wildman–Crippen MR) is 60.4 cm³/mol. The van der Waals surface area contributed by atoms with Crippen LogP contribution in [0, 0.1) is 5.92 Å². The van der Waals surface area contributed by atoms with Crippen molar-refractivity contribution in [3.05, 3.63) is 24.3 Å². The van der Waals surface area contributed by atoms with Crippen LogP contribution in [0.4, 0.5) is 0 Å². The number of fused-ring (bicyclic) bond motifs is 1. The van der Waals surface area contributed by atoms with E-state index in [9.17, 15) is 0 Å². The molecule has 2 fully saturated rings. The molecule has 2 aliphatic heterocycles. The molecule has 4 unspecified atom stereocenters. The van der Waals surface area contributed by atoms with E-state index in [4.69, 9.17) is 0 Å².